The van der Waals surface area contributed by atoms with Gasteiger partial charge in [0.1, 0.15) is 0 Å². The second kappa shape index (κ2) is 6.53. The number of hydrogen-bond donors (Lipinski definition) is 1. The van der Waals surface area contributed by atoms with Crippen LogP contribution in [-0.2, 0) is 12.8 Å². The van der Waals surface area contributed by atoms with Gasteiger partial charge in [0.05, 0.1) is 0 Å². The lowest BCUT2D eigenvalue weighted by Gasteiger charge is -2.07. The second-order valence-electron chi connectivity index (χ2n) is 5.53. The fourth-order valence-corrected chi connectivity index (χ4v) is 2.34. The average molecular weight is 253 g/mol. The molecule has 0 aliphatic rings. The summed E-state index contributed by atoms with van der Waals surface area (Å²) in [5.74, 6) is 0.710. The minimum Gasteiger partial charge on any atom is -0.330 e. The molecule has 0 spiro atoms. The standard InChI is InChI=1S/C18H23N/c1-14(2)13-16-5-9-18(10-6-16)17-7-3-15(4-8-17)11-12-19/h3-10,14H,11-13,19H2,1-2H3. The normalized spacial score (nSPS) is 10.9. The van der Waals surface area contributed by atoms with E-state index in [0.717, 1.165) is 12.8 Å². The van der Waals surface area contributed by atoms with E-state index in [9.17, 15) is 0 Å². The lowest BCUT2D eigenvalue weighted by atomic mass is 9.98. The average Bonchev–Trinajstić information content (AvgIpc) is 2.40. The maximum atomic E-state index is 5.57. The van der Waals surface area contributed by atoms with Gasteiger partial charge in [-0.15, -0.1) is 0 Å². The molecule has 1 nitrogen and oxygen atoms in total. The first-order valence-electron chi connectivity index (χ1n) is 7.07. The predicted octanol–water partition coefficient (Wildman–Crippen LogP) is 4.05. The highest BCUT2D eigenvalue weighted by Crippen LogP contribution is 2.21. The highest BCUT2D eigenvalue weighted by Gasteiger charge is 2.00. The molecule has 0 saturated heterocycles. The van der Waals surface area contributed by atoms with Crippen molar-refractivity contribution in [3.05, 3.63) is 59.7 Å². The molecule has 0 saturated carbocycles. The molecule has 19 heavy (non-hydrogen) atoms. The van der Waals surface area contributed by atoms with E-state index in [-0.39, 0.29) is 0 Å². The van der Waals surface area contributed by atoms with E-state index in [2.05, 4.69) is 62.4 Å². The Morgan fingerprint density at radius 2 is 1.26 bits per heavy atom. The van der Waals surface area contributed by atoms with Crippen LogP contribution in [0.5, 0.6) is 0 Å². The summed E-state index contributed by atoms with van der Waals surface area (Å²) in [6.45, 7) is 5.22. The van der Waals surface area contributed by atoms with Gasteiger partial charge in [-0.05, 0) is 47.6 Å². The number of hydrogen-bond acceptors (Lipinski definition) is 1. The number of benzene rings is 2. The molecule has 2 aromatic rings. The molecule has 0 heterocycles. The van der Waals surface area contributed by atoms with Gasteiger partial charge in [0.15, 0.2) is 0 Å². The molecule has 0 aliphatic heterocycles. The monoisotopic (exact) mass is 253 g/mol. The summed E-state index contributed by atoms with van der Waals surface area (Å²) < 4.78 is 0. The second-order valence-corrected chi connectivity index (χ2v) is 5.53. The van der Waals surface area contributed by atoms with Crippen LogP contribution < -0.4 is 5.73 Å². The Bertz CT molecular complexity index is 494. The van der Waals surface area contributed by atoms with Crippen LogP contribution in [0.15, 0.2) is 48.5 Å². The van der Waals surface area contributed by atoms with Crippen molar-refractivity contribution in [3.63, 3.8) is 0 Å². The van der Waals surface area contributed by atoms with Gasteiger partial charge < -0.3 is 5.73 Å². The smallest absolute Gasteiger partial charge is 0.00367 e. The summed E-state index contributed by atoms with van der Waals surface area (Å²) in [5.41, 5.74) is 10.8. The highest BCUT2D eigenvalue weighted by atomic mass is 14.5. The first kappa shape index (κ1) is 13.8. The first-order valence-corrected chi connectivity index (χ1v) is 7.07. The van der Waals surface area contributed by atoms with Gasteiger partial charge >= 0.3 is 0 Å². The molecule has 2 rings (SSSR count). The Morgan fingerprint density at radius 1 is 0.789 bits per heavy atom. The van der Waals surface area contributed by atoms with Crippen molar-refractivity contribution >= 4 is 0 Å². The molecular weight excluding hydrogens is 230 g/mol. The van der Waals surface area contributed by atoms with Gasteiger partial charge in [-0.2, -0.15) is 0 Å². The Kier molecular flexibility index (Phi) is 4.75. The molecule has 0 radical (unpaired) electrons. The largest absolute Gasteiger partial charge is 0.330 e. The lowest BCUT2D eigenvalue weighted by Crippen LogP contribution is -2.02. The van der Waals surface area contributed by atoms with Crippen LogP contribution in [0.1, 0.15) is 25.0 Å². The van der Waals surface area contributed by atoms with Crippen molar-refractivity contribution in [2.45, 2.75) is 26.7 Å². The van der Waals surface area contributed by atoms with Crippen LogP contribution in [0.2, 0.25) is 0 Å². The van der Waals surface area contributed by atoms with Crippen molar-refractivity contribution in [1.82, 2.24) is 0 Å². The van der Waals surface area contributed by atoms with Crippen molar-refractivity contribution in [1.29, 1.82) is 0 Å². The van der Waals surface area contributed by atoms with Crippen LogP contribution in [0, 0.1) is 5.92 Å². The molecule has 0 unspecified atom stereocenters. The molecule has 0 aromatic heterocycles. The summed E-state index contributed by atoms with van der Waals surface area (Å²) in [7, 11) is 0. The SMILES string of the molecule is CC(C)Cc1ccc(-c2ccc(CCN)cc2)cc1. The summed E-state index contributed by atoms with van der Waals surface area (Å²) in [5, 5.41) is 0. The molecule has 0 atom stereocenters. The van der Waals surface area contributed by atoms with E-state index in [1.807, 2.05) is 0 Å². The Labute approximate surface area is 116 Å². The molecule has 100 valence electrons. The zero-order valence-corrected chi connectivity index (χ0v) is 11.9. The summed E-state index contributed by atoms with van der Waals surface area (Å²) in [6, 6.07) is 17.6. The third kappa shape index (κ3) is 3.93. The van der Waals surface area contributed by atoms with Crippen molar-refractivity contribution in [2.24, 2.45) is 11.7 Å². The van der Waals surface area contributed by atoms with E-state index in [1.54, 1.807) is 0 Å². The highest BCUT2D eigenvalue weighted by molar-refractivity contribution is 5.63. The van der Waals surface area contributed by atoms with Gasteiger partial charge in [-0.25, -0.2) is 0 Å². The third-order valence-electron chi connectivity index (χ3n) is 3.32. The van der Waals surface area contributed by atoms with Crippen LogP contribution in [0.4, 0.5) is 0 Å². The molecule has 1 heteroatoms. The molecule has 0 amide bonds. The molecular formula is C18H23N. The molecule has 0 fully saturated rings. The van der Waals surface area contributed by atoms with Gasteiger partial charge in [-0.3, -0.25) is 0 Å². The Morgan fingerprint density at radius 3 is 1.68 bits per heavy atom. The summed E-state index contributed by atoms with van der Waals surface area (Å²) >= 11 is 0. The lowest BCUT2D eigenvalue weighted by molar-refractivity contribution is 0.647. The van der Waals surface area contributed by atoms with Gasteiger partial charge in [0, 0.05) is 0 Å². The van der Waals surface area contributed by atoms with Crippen LogP contribution in [0.25, 0.3) is 11.1 Å². The van der Waals surface area contributed by atoms with Gasteiger partial charge in [0.25, 0.3) is 0 Å². The van der Waals surface area contributed by atoms with E-state index >= 15 is 0 Å². The van der Waals surface area contributed by atoms with E-state index in [1.165, 1.54) is 22.3 Å². The third-order valence-corrected chi connectivity index (χ3v) is 3.32. The van der Waals surface area contributed by atoms with E-state index in [4.69, 9.17) is 5.73 Å². The predicted molar refractivity (Wildman–Crippen MR) is 83.2 cm³/mol. The molecule has 0 aliphatic carbocycles. The number of rotatable bonds is 5. The molecule has 0 bridgehead atoms. The molecule has 2 aromatic carbocycles. The summed E-state index contributed by atoms with van der Waals surface area (Å²) in [6.07, 6.45) is 2.10. The maximum Gasteiger partial charge on any atom is -0.00367 e. The zero-order chi connectivity index (χ0) is 13.7. The molecule has 2 N–H and O–H groups in total. The minimum atomic E-state index is 0.710. The first-order chi connectivity index (χ1) is 9.19. The van der Waals surface area contributed by atoms with E-state index in [0.29, 0.717) is 12.5 Å². The van der Waals surface area contributed by atoms with Crippen molar-refractivity contribution in [2.75, 3.05) is 6.54 Å². The van der Waals surface area contributed by atoms with Gasteiger partial charge in [-0.1, -0.05) is 62.4 Å². The van der Waals surface area contributed by atoms with Crippen molar-refractivity contribution in [3.8, 4) is 11.1 Å². The van der Waals surface area contributed by atoms with Crippen LogP contribution in [0.3, 0.4) is 0 Å². The maximum absolute atomic E-state index is 5.57. The topological polar surface area (TPSA) is 26.0 Å². The Balaban J connectivity index is 2.13. The van der Waals surface area contributed by atoms with Crippen LogP contribution in [-0.4, -0.2) is 6.54 Å². The van der Waals surface area contributed by atoms with E-state index < -0.39 is 0 Å². The fourth-order valence-electron chi connectivity index (χ4n) is 2.34. The van der Waals surface area contributed by atoms with Gasteiger partial charge in [0.2, 0.25) is 0 Å². The zero-order valence-electron chi connectivity index (χ0n) is 11.9. The summed E-state index contributed by atoms with van der Waals surface area (Å²) in [4.78, 5) is 0. The Hall–Kier alpha value is -1.60. The quantitative estimate of drug-likeness (QED) is 0.854. The van der Waals surface area contributed by atoms with Crippen molar-refractivity contribution < 1.29 is 0 Å². The fraction of sp³-hybridized carbons (Fsp3) is 0.333. The van der Waals surface area contributed by atoms with Crippen LogP contribution >= 0.6 is 0 Å². The minimum absolute atomic E-state index is 0.710. The number of nitrogens with two attached hydrogens (primary N) is 1.